The van der Waals surface area contributed by atoms with Gasteiger partial charge in [0, 0.05) is 10.8 Å². The zero-order valence-electron chi connectivity index (χ0n) is 12.6. The molecule has 1 aliphatic heterocycles. The van der Waals surface area contributed by atoms with Crippen molar-refractivity contribution in [3.63, 3.8) is 0 Å². The number of thioether (sulfide) groups is 1. The summed E-state index contributed by atoms with van der Waals surface area (Å²) in [7, 11) is 0. The molecule has 0 bridgehead atoms. The van der Waals surface area contributed by atoms with Crippen LogP contribution in [0.4, 0.5) is 13.2 Å². The zero-order chi connectivity index (χ0) is 16.8. The van der Waals surface area contributed by atoms with Gasteiger partial charge in [-0.1, -0.05) is 24.3 Å². The smallest absolute Gasteiger partial charge is 0.364 e. The summed E-state index contributed by atoms with van der Waals surface area (Å²) < 4.78 is 40.8. The summed E-state index contributed by atoms with van der Waals surface area (Å²) in [6, 6.07) is 7.62. The largest absolute Gasteiger partial charge is 0.486 e. The van der Waals surface area contributed by atoms with E-state index in [0.29, 0.717) is 11.3 Å². The second kappa shape index (κ2) is 5.78. The lowest BCUT2D eigenvalue weighted by Gasteiger charge is -2.37. The Balaban J connectivity index is 2.03. The Bertz CT molecular complexity index is 672. The summed E-state index contributed by atoms with van der Waals surface area (Å²) in [5.41, 5.74) is 6.83. The molecule has 1 unspecified atom stereocenters. The molecule has 3 nitrogen and oxygen atoms in total. The van der Waals surface area contributed by atoms with Gasteiger partial charge in [0.25, 0.3) is 5.91 Å². The van der Waals surface area contributed by atoms with Gasteiger partial charge in [0.2, 0.25) is 0 Å². The van der Waals surface area contributed by atoms with Crippen molar-refractivity contribution in [3.05, 3.63) is 46.0 Å². The first-order valence-electron chi connectivity index (χ1n) is 7.42. The molecule has 1 aliphatic carbocycles. The molecule has 2 aliphatic rings. The number of rotatable bonds is 2. The van der Waals surface area contributed by atoms with Crippen LogP contribution in [-0.2, 0) is 11.2 Å². The van der Waals surface area contributed by atoms with Crippen molar-refractivity contribution in [1.82, 2.24) is 4.90 Å². The van der Waals surface area contributed by atoms with Crippen LogP contribution in [0.2, 0.25) is 0 Å². The van der Waals surface area contributed by atoms with Crippen LogP contribution in [0.5, 0.6) is 0 Å². The standard InChI is InChI=1S/C16H17F3N2OS/c1-9-13(14(20)22)21(16(17,18)19)15(23-9)12-8-4-6-10-5-2-3-7-11(10)12/h2-3,5,7,12,15H,4,6,8H2,1H3,(H2,20,22)/t12-,15?/m1/s1. The number of hydrogen-bond donors (Lipinski definition) is 1. The maximum absolute atomic E-state index is 13.6. The van der Waals surface area contributed by atoms with Crippen LogP contribution in [0, 0.1) is 0 Å². The van der Waals surface area contributed by atoms with Crippen LogP contribution >= 0.6 is 11.8 Å². The van der Waals surface area contributed by atoms with E-state index in [9.17, 15) is 18.0 Å². The summed E-state index contributed by atoms with van der Waals surface area (Å²) in [6.45, 7) is 1.53. The molecule has 0 radical (unpaired) electrons. The molecule has 1 heterocycles. The number of alkyl halides is 3. The second-order valence-electron chi connectivity index (χ2n) is 5.81. The molecule has 0 saturated heterocycles. The number of nitrogens with zero attached hydrogens (tertiary/aromatic N) is 1. The normalized spacial score (nSPS) is 24.8. The monoisotopic (exact) mass is 342 g/mol. The lowest BCUT2D eigenvalue weighted by atomic mass is 9.82. The van der Waals surface area contributed by atoms with E-state index in [1.807, 2.05) is 24.3 Å². The molecule has 0 fully saturated rings. The fourth-order valence-corrected chi connectivity index (χ4v) is 4.95. The maximum Gasteiger partial charge on any atom is 0.486 e. The molecule has 1 aromatic rings. The zero-order valence-corrected chi connectivity index (χ0v) is 13.4. The molecule has 23 heavy (non-hydrogen) atoms. The number of fused-ring (bicyclic) bond motifs is 1. The molecule has 3 rings (SSSR count). The van der Waals surface area contributed by atoms with Crippen molar-refractivity contribution < 1.29 is 18.0 Å². The van der Waals surface area contributed by atoms with E-state index in [2.05, 4.69) is 0 Å². The van der Waals surface area contributed by atoms with Gasteiger partial charge in [0.15, 0.2) is 0 Å². The fraction of sp³-hybridized carbons (Fsp3) is 0.438. The molecule has 1 aromatic carbocycles. The summed E-state index contributed by atoms with van der Waals surface area (Å²) in [4.78, 5) is 12.2. The Labute approximate surface area is 136 Å². The van der Waals surface area contributed by atoms with Gasteiger partial charge in [0.1, 0.15) is 5.70 Å². The minimum Gasteiger partial charge on any atom is -0.364 e. The average molecular weight is 342 g/mol. The SMILES string of the molecule is CC1=C(C(N)=O)N(C(F)(F)F)C([C@@H]2CCCc3ccccc32)S1. The summed E-state index contributed by atoms with van der Waals surface area (Å²) >= 11 is 1.09. The Hall–Kier alpha value is -1.63. The van der Waals surface area contributed by atoms with Crippen LogP contribution in [0.1, 0.15) is 36.8 Å². The van der Waals surface area contributed by atoms with E-state index in [0.717, 1.165) is 35.7 Å². The van der Waals surface area contributed by atoms with E-state index >= 15 is 0 Å². The van der Waals surface area contributed by atoms with E-state index < -0.39 is 23.3 Å². The highest BCUT2D eigenvalue weighted by Gasteiger charge is 2.52. The van der Waals surface area contributed by atoms with E-state index in [-0.39, 0.29) is 10.8 Å². The molecular weight excluding hydrogens is 325 g/mol. The highest BCUT2D eigenvalue weighted by molar-refractivity contribution is 8.03. The van der Waals surface area contributed by atoms with Crippen LogP contribution in [0.3, 0.4) is 0 Å². The van der Waals surface area contributed by atoms with Gasteiger partial charge in [-0.3, -0.25) is 9.69 Å². The summed E-state index contributed by atoms with van der Waals surface area (Å²) in [5.74, 6) is -1.31. The van der Waals surface area contributed by atoms with Gasteiger partial charge in [-0.15, -0.1) is 11.8 Å². The first-order chi connectivity index (χ1) is 10.8. The number of nitrogens with two attached hydrogens (primary N) is 1. The molecule has 0 spiro atoms. The van der Waals surface area contributed by atoms with Crippen LogP contribution < -0.4 is 5.73 Å². The Morgan fingerprint density at radius 1 is 1.35 bits per heavy atom. The first-order valence-corrected chi connectivity index (χ1v) is 8.30. The van der Waals surface area contributed by atoms with Gasteiger partial charge in [-0.2, -0.15) is 13.2 Å². The minimum atomic E-state index is -4.63. The van der Waals surface area contributed by atoms with E-state index in [1.54, 1.807) is 0 Å². The van der Waals surface area contributed by atoms with E-state index in [4.69, 9.17) is 5.73 Å². The molecule has 0 aromatic heterocycles. The number of allylic oxidation sites excluding steroid dienone is 1. The number of halogens is 3. The number of carbonyl (C=O) groups excluding carboxylic acids is 1. The second-order valence-corrected chi connectivity index (χ2v) is 7.14. The third kappa shape index (κ3) is 2.82. The number of carbonyl (C=O) groups is 1. The van der Waals surface area contributed by atoms with Crippen LogP contribution in [-0.4, -0.2) is 22.5 Å². The Kier molecular flexibility index (Phi) is 4.08. The molecule has 2 N–H and O–H groups in total. The average Bonchev–Trinajstić information content (AvgIpc) is 2.84. The van der Waals surface area contributed by atoms with Crippen LogP contribution in [0.25, 0.3) is 0 Å². The van der Waals surface area contributed by atoms with Crippen LogP contribution in [0.15, 0.2) is 34.9 Å². The molecule has 0 saturated carbocycles. The number of amides is 1. The van der Waals surface area contributed by atoms with E-state index in [1.165, 1.54) is 6.92 Å². The number of primary amides is 1. The van der Waals surface area contributed by atoms with Gasteiger partial charge < -0.3 is 5.73 Å². The molecular formula is C16H17F3N2OS. The van der Waals surface area contributed by atoms with Crippen molar-refractivity contribution in [2.45, 2.75) is 43.8 Å². The van der Waals surface area contributed by atoms with Crippen molar-refractivity contribution in [1.29, 1.82) is 0 Å². The lowest BCUT2D eigenvalue weighted by molar-refractivity contribution is -0.237. The van der Waals surface area contributed by atoms with Gasteiger partial charge >= 0.3 is 6.30 Å². The molecule has 1 amide bonds. The molecule has 124 valence electrons. The molecule has 7 heteroatoms. The maximum atomic E-state index is 13.6. The topological polar surface area (TPSA) is 46.3 Å². The predicted molar refractivity (Wildman–Crippen MR) is 83.3 cm³/mol. The van der Waals surface area contributed by atoms with Crippen molar-refractivity contribution in [2.75, 3.05) is 0 Å². The minimum absolute atomic E-state index is 0.266. The van der Waals surface area contributed by atoms with Crippen molar-refractivity contribution >= 4 is 17.7 Å². The first kappa shape index (κ1) is 16.2. The van der Waals surface area contributed by atoms with Crippen molar-refractivity contribution in [2.24, 2.45) is 5.73 Å². The highest BCUT2D eigenvalue weighted by Crippen LogP contribution is 2.51. The fourth-order valence-electron chi connectivity index (χ4n) is 3.50. The predicted octanol–water partition coefficient (Wildman–Crippen LogP) is 3.72. The quantitative estimate of drug-likeness (QED) is 0.833. The number of hydrogen-bond acceptors (Lipinski definition) is 3. The van der Waals surface area contributed by atoms with Gasteiger partial charge in [0.05, 0.1) is 5.37 Å². The highest BCUT2D eigenvalue weighted by atomic mass is 32.2. The Morgan fingerprint density at radius 2 is 2.04 bits per heavy atom. The lowest BCUT2D eigenvalue weighted by Crippen LogP contribution is -2.46. The summed E-state index contributed by atoms with van der Waals surface area (Å²) in [5, 5.41) is -0.876. The van der Waals surface area contributed by atoms with Gasteiger partial charge in [-0.25, -0.2) is 0 Å². The van der Waals surface area contributed by atoms with Crippen molar-refractivity contribution in [3.8, 4) is 0 Å². The number of aryl methyl sites for hydroxylation is 1. The Morgan fingerprint density at radius 3 is 2.70 bits per heavy atom. The third-order valence-corrected chi connectivity index (χ3v) is 5.72. The molecule has 2 atom stereocenters. The third-order valence-electron chi connectivity index (χ3n) is 4.39. The van der Waals surface area contributed by atoms with Gasteiger partial charge in [-0.05, 0) is 37.3 Å². The number of benzene rings is 1. The summed E-state index contributed by atoms with van der Waals surface area (Å²) in [6.07, 6.45) is -2.24.